The number of halogens is 6. The maximum absolute atomic E-state index is 15.0. The van der Waals surface area contributed by atoms with Crippen LogP contribution in [0.2, 0.25) is 0 Å². The van der Waals surface area contributed by atoms with Crippen molar-refractivity contribution in [3.8, 4) is 11.5 Å². The van der Waals surface area contributed by atoms with Gasteiger partial charge in [0, 0.05) is 13.8 Å². The Labute approximate surface area is 196 Å². The van der Waals surface area contributed by atoms with E-state index in [2.05, 4.69) is 0 Å². The van der Waals surface area contributed by atoms with Gasteiger partial charge in [-0.05, 0) is 47.0 Å². The van der Waals surface area contributed by atoms with Gasteiger partial charge in [-0.25, -0.2) is 0 Å². The zero-order valence-electron chi connectivity index (χ0n) is 18.3. The topological polar surface area (TPSA) is 52.6 Å². The lowest BCUT2D eigenvalue weighted by Crippen LogP contribution is -2.44. The molecule has 0 spiro atoms. The molecule has 35 heavy (non-hydrogen) atoms. The van der Waals surface area contributed by atoms with Gasteiger partial charge in [0.25, 0.3) is 0 Å². The Hall–Kier alpha value is -3.82. The summed E-state index contributed by atoms with van der Waals surface area (Å²) in [6, 6.07) is 11.6. The highest BCUT2D eigenvalue weighted by atomic mass is 19.4. The lowest BCUT2D eigenvalue weighted by atomic mass is 9.68. The molecule has 0 aliphatic carbocycles. The minimum atomic E-state index is -5.12. The van der Waals surface area contributed by atoms with Gasteiger partial charge in [0.05, 0.1) is 5.56 Å². The Bertz CT molecular complexity index is 1150. The quantitative estimate of drug-likeness (QED) is 0.176. The highest BCUT2D eigenvalue weighted by Crippen LogP contribution is 2.52. The summed E-state index contributed by atoms with van der Waals surface area (Å²) >= 11 is 0. The molecule has 0 saturated carbocycles. The van der Waals surface area contributed by atoms with Crippen LogP contribution in [0.3, 0.4) is 0 Å². The van der Waals surface area contributed by atoms with Crippen molar-refractivity contribution in [3.05, 3.63) is 95.1 Å². The number of ether oxygens (including phenoxy) is 2. The fourth-order valence-electron chi connectivity index (χ4n) is 3.80. The molecule has 0 amide bonds. The minimum absolute atomic E-state index is 0.0356. The van der Waals surface area contributed by atoms with Crippen LogP contribution in [-0.2, 0) is 21.2 Å². The van der Waals surface area contributed by atoms with E-state index in [4.69, 9.17) is 9.47 Å². The number of rotatable bonds is 5. The molecule has 0 unspecified atom stereocenters. The van der Waals surface area contributed by atoms with Gasteiger partial charge in [0.2, 0.25) is 0 Å². The Morgan fingerprint density at radius 2 is 1.00 bits per heavy atom. The van der Waals surface area contributed by atoms with E-state index in [9.17, 15) is 22.8 Å². The average molecular weight is 496 g/mol. The zero-order valence-corrected chi connectivity index (χ0v) is 18.3. The van der Waals surface area contributed by atoms with Crippen LogP contribution in [0.5, 0.6) is 11.5 Å². The van der Waals surface area contributed by atoms with Gasteiger partial charge >= 0.3 is 24.3 Å². The monoisotopic (exact) mass is 496 g/mol. The Morgan fingerprint density at radius 1 is 0.600 bits per heavy atom. The van der Waals surface area contributed by atoms with Gasteiger partial charge in [0.1, 0.15) is 16.9 Å². The first-order valence-corrected chi connectivity index (χ1v) is 10.1. The smallest absolute Gasteiger partial charge is 0.416 e. The minimum Gasteiger partial charge on any atom is -0.427 e. The normalized spacial score (nSPS) is 12.2. The predicted molar refractivity (Wildman–Crippen MR) is 113 cm³/mol. The van der Waals surface area contributed by atoms with Crippen LogP contribution in [0.15, 0.2) is 72.8 Å². The van der Waals surface area contributed by atoms with Crippen LogP contribution in [0, 0.1) is 0 Å². The molecule has 3 rings (SSSR count). The largest absolute Gasteiger partial charge is 0.427 e. The summed E-state index contributed by atoms with van der Waals surface area (Å²) in [5, 5.41) is 0. The van der Waals surface area contributed by atoms with Gasteiger partial charge in [-0.15, -0.1) is 0 Å². The first-order chi connectivity index (χ1) is 16.2. The molecule has 0 bridgehead atoms. The molecule has 3 aromatic rings. The van der Waals surface area contributed by atoms with Crippen LogP contribution in [0.4, 0.5) is 26.3 Å². The van der Waals surface area contributed by atoms with E-state index in [-0.39, 0.29) is 11.5 Å². The molecule has 0 heterocycles. The fourth-order valence-corrected chi connectivity index (χ4v) is 3.80. The SMILES string of the molecule is CC(=O)Oc1ccc(C(c2ccc(OC(C)=O)cc2)(c2cccc(C(F)(F)F)c2)C(F)(F)F)cc1. The third-order valence-electron chi connectivity index (χ3n) is 5.15. The van der Waals surface area contributed by atoms with Crippen LogP contribution in [0.1, 0.15) is 36.1 Å². The first-order valence-electron chi connectivity index (χ1n) is 10.1. The maximum Gasteiger partial charge on any atom is 0.416 e. The van der Waals surface area contributed by atoms with Crippen molar-refractivity contribution in [1.29, 1.82) is 0 Å². The number of hydrogen-bond acceptors (Lipinski definition) is 4. The summed E-state index contributed by atoms with van der Waals surface area (Å²) in [7, 11) is 0. The van der Waals surface area contributed by atoms with Crippen molar-refractivity contribution in [1.82, 2.24) is 0 Å². The molecule has 3 aromatic carbocycles. The van der Waals surface area contributed by atoms with E-state index in [0.29, 0.717) is 12.1 Å². The molecular formula is C25H18F6O4. The molecule has 0 fully saturated rings. The highest BCUT2D eigenvalue weighted by Gasteiger charge is 2.58. The lowest BCUT2D eigenvalue weighted by Gasteiger charge is -2.38. The molecule has 4 nitrogen and oxygen atoms in total. The third-order valence-corrected chi connectivity index (χ3v) is 5.15. The fraction of sp³-hybridized carbons (Fsp3) is 0.200. The van der Waals surface area contributed by atoms with E-state index in [1.807, 2.05) is 0 Å². The average Bonchev–Trinajstić information content (AvgIpc) is 2.74. The zero-order chi connectivity index (χ0) is 26.0. The number of benzene rings is 3. The molecule has 0 N–H and O–H groups in total. The summed E-state index contributed by atoms with van der Waals surface area (Å²) in [6.07, 6.45) is -10.0. The van der Waals surface area contributed by atoms with Crippen molar-refractivity contribution >= 4 is 11.9 Å². The molecule has 0 aliphatic heterocycles. The van der Waals surface area contributed by atoms with Gasteiger partial charge in [-0.2, -0.15) is 26.3 Å². The highest BCUT2D eigenvalue weighted by molar-refractivity contribution is 5.70. The molecule has 0 atom stereocenters. The van der Waals surface area contributed by atoms with Gasteiger partial charge in [-0.3, -0.25) is 9.59 Å². The second-order valence-corrected chi connectivity index (χ2v) is 7.56. The number of carbonyl (C=O) groups is 2. The van der Waals surface area contributed by atoms with Crippen LogP contribution < -0.4 is 9.47 Å². The van der Waals surface area contributed by atoms with Crippen LogP contribution in [-0.4, -0.2) is 18.1 Å². The second-order valence-electron chi connectivity index (χ2n) is 7.56. The molecule has 0 aliphatic rings. The van der Waals surface area contributed by atoms with Crippen LogP contribution in [0.25, 0.3) is 0 Å². The summed E-state index contributed by atoms with van der Waals surface area (Å²) < 4.78 is 95.1. The standard InChI is InChI=1S/C25H18F6O4/c1-15(32)34-21-10-6-17(7-11-21)23(25(29,30)31,18-8-12-22(13-9-18)35-16(2)33)19-4-3-5-20(14-19)24(26,27)28/h3-14H,1-2H3. The summed E-state index contributed by atoms with van der Waals surface area (Å²) in [4.78, 5) is 22.4. The van der Waals surface area contributed by atoms with E-state index in [1.165, 1.54) is 0 Å². The molecule has 0 saturated heterocycles. The lowest BCUT2D eigenvalue weighted by molar-refractivity contribution is -0.167. The Kier molecular flexibility index (Phi) is 6.96. The molecule has 0 radical (unpaired) electrons. The maximum atomic E-state index is 15.0. The molecular weight excluding hydrogens is 478 g/mol. The number of hydrogen-bond donors (Lipinski definition) is 0. The Balaban J connectivity index is 2.33. The van der Waals surface area contributed by atoms with E-state index in [1.54, 1.807) is 0 Å². The Morgan fingerprint density at radius 3 is 1.34 bits per heavy atom. The van der Waals surface area contributed by atoms with Crippen molar-refractivity contribution in [3.63, 3.8) is 0 Å². The van der Waals surface area contributed by atoms with Gasteiger partial charge in [0.15, 0.2) is 0 Å². The van der Waals surface area contributed by atoms with Crippen molar-refractivity contribution in [2.45, 2.75) is 31.6 Å². The second kappa shape index (κ2) is 9.44. The number of esters is 2. The predicted octanol–water partition coefficient (Wildman–Crippen LogP) is 6.45. The van der Waals surface area contributed by atoms with Crippen molar-refractivity contribution < 1.29 is 45.4 Å². The third kappa shape index (κ3) is 5.31. The molecule has 10 heteroatoms. The van der Waals surface area contributed by atoms with E-state index < -0.39 is 52.0 Å². The number of carbonyl (C=O) groups excluding carboxylic acids is 2. The number of alkyl halides is 6. The van der Waals surface area contributed by atoms with Crippen molar-refractivity contribution in [2.75, 3.05) is 0 Å². The van der Waals surface area contributed by atoms with Gasteiger partial charge in [-0.1, -0.05) is 42.5 Å². The van der Waals surface area contributed by atoms with E-state index in [0.717, 1.165) is 74.5 Å². The summed E-state index contributed by atoms with van der Waals surface area (Å²) in [6.45, 7) is 2.22. The first kappa shape index (κ1) is 25.8. The summed E-state index contributed by atoms with van der Waals surface area (Å²) in [5.41, 5.74) is -5.81. The molecule has 0 aromatic heterocycles. The van der Waals surface area contributed by atoms with Crippen LogP contribution >= 0.6 is 0 Å². The molecule has 184 valence electrons. The van der Waals surface area contributed by atoms with Crippen molar-refractivity contribution in [2.24, 2.45) is 0 Å². The van der Waals surface area contributed by atoms with Gasteiger partial charge < -0.3 is 9.47 Å². The van der Waals surface area contributed by atoms with E-state index >= 15 is 13.2 Å². The summed E-state index contributed by atoms with van der Waals surface area (Å²) in [5.74, 6) is -1.46.